The van der Waals surface area contributed by atoms with Crippen molar-refractivity contribution in [2.75, 3.05) is 40.3 Å². The molecule has 1 aromatic rings. The van der Waals surface area contributed by atoms with Crippen molar-refractivity contribution in [3.05, 3.63) is 11.7 Å². The van der Waals surface area contributed by atoms with E-state index in [9.17, 15) is 9.59 Å². The molecule has 8 heteroatoms. The monoisotopic (exact) mass is 421 g/mol. The molecule has 0 atom stereocenters. The molecule has 2 heterocycles. The van der Waals surface area contributed by atoms with Crippen LogP contribution in [0.2, 0.25) is 0 Å². The van der Waals surface area contributed by atoms with Gasteiger partial charge in [0.1, 0.15) is 0 Å². The van der Waals surface area contributed by atoms with Crippen LogP contribution in [0.15, 0.2) is 4.52 Å². The van der Waals surface area contributed by atoms with Crippen molar-refractivity contribution in [3.8, 4) is 0 Å². The van der Waals surface area contributed by atoms with Gasteiger partial charge in [-0.2, -0.15) is 4.98 Å². The van der Waals surface area contributed by atoms with E-state index >= 15 is 0 Å². The molecule has 0 spiro atoms. The highest BCUT2D eigenvalue weighted by Crippen LogP contribution is 2.20. The zero-order valence-electron chi connectivity index (χ0n) is 19.5. The van der Waals surface area contributed by atoms with Gasteiger partial charge in [0.2, 0.25) is 17.7 Å². The number of piperidine rings is 1. The van der Waals surface area contributed by atoms with Gasteiger partial charge >= 0.3 is 0 Å². The predicted molar refractivity (Wildman–Crippen MR) is 116 cm³/mol. The Balaban J connectivity index is 1.67. The van der Waals surface area contributed by atoms with Gasteiger partial charge in [-0.3, -0.25) is 9.59 Å². The summed E-state index contributed by atoms with van der Waals surface area (Å²) in [5.41, 5.74) is 0.0319. The lowest BCUT2D eigenvalue weighted by atomic mass is 9.91. The zero-order chi connectivity index (χ0) is 22.3. The van der Waals surface area contributed by atoms with Crippen LogP contribution in [0.4, 0.5) is 0 Å². The van der Waals surface area contributed by atoms with Crippen LogP contribution in [0.3, 0.4) is 0 Å². The summed E-state index contributed by atoms with van der Waals surface area (Å²) in [4.78, 5) is 33.4. The van der Waals surface area contributed by atoms with E-state index in [2.05, 4.69) is 34.2 Å². The molecule has 170 valence electrons. The lowest BCUT2D eigenvalue weighted by Crippen LogP contribution is -2.46. The van der Waals surface area contributed by atoms with E-state index in [0.29, 0.717) is 50.6 Å². The fourth-order valence-corrected chi connectivity index (χ4v) is 3.93. The largest absolute Gasteiger partial charge is 0.355 e. The maximum Gasteiger partial charge on any atom is 0.226 e. The van der Waals surface area contributed by atoms with Crippen LogP contribution in [-0.2, 0) is 16.0 Å². The van der Waals surface area contributed by atoms with E-state index in [0.717, 1.165) is 19.4 Å². The summed E-state index contributed by atoms with van der Waals surface area (Å²) in [5, 5.41) is 7.06. The summed E-state index contributed by atoms with van der Waals surface area (Å²) in [6.45, 7) is 11.2. The number of likely N-dealkylation sites (tertiary alicyclic amines) is 1. The van der Waals surface area contributed by atoms with Crippen LogP contribution in [0.5, 0.6) is 0 Å². The van der Waals surface area contributed by atoms with E-state index in [4.69, 9.17) is 4.52 Å². The number of hydrogen-bond acceptors (Lipinski definition) is 6. The number of rotatable bonds is 10. The van der Waals surface area contributed by atoms with Crippen molar-refractivity contribution in [1.29, 1.82) is 0 Å². The van der Waals surface area contributed by atoms with Gasteiger partial charge in [0.25, 0.3) is 0 Å². The first kappa shape index (κ1) is 24.3. The topological polar surface area (TPSA) is 91.6 Å². The number of carbonyl (C=O) groups excluding carboxylic acids is 2. The molecule has 1 N–H and O–H groups in total. The van der Waals surface area contributed by atoms with Gasteiger partial charge in [-0.05, 0) is 38.8 Å². The number of nitrogens with one attached hydrogen (secondary N) is 1. The molecule has 2 amide bonds. The summed E-state index contributed by atoms with van der Waals surface area (Å²) in [7, 11) is 4.09. The highest BCUT2D eigenvalue weighted by atomic mass is 16.5. The number of nitrogens with zero attached hydrogens (tertiary/aromatic N) is 4. The minimum absolute atomic E-state index is 0.00273. The molecule has 1 aromatic heterocycles. The smallest absolute Gasteiger partial charge is 0.226 e. The van der Waals surface area contributed by atoms with E-state index in [1.807, 2.05) is 32.8 Å². The second kappa shape index (κ2) is 10.9. The first-order valence-electron chi connectivity index (χ1n) is 11.1. The Morgan fingerprint density at radius 1 is 1.27 bits per heavy atom. The van der Waals surface area contributed by atoms with Crippen molar-refractivity contribution < 1.29 is 14.1 Å². The van der Waals surface area contributed by atoms with Crippen LogP contribution >= 0.6 is 0 Å². The first-order chi connectivity index (χ1) is 14.1. The number of aromatic nitrogens is 2. The summed E-state index contributed by atoms with van der Waals surface area (Å²) in [6.07, 6.45) is 3.24. The third-order valence-corrected chi connectivity index (χ3v) is 5.49. The van der Waals surface area contributed by atoms with Gasteiger partial charge < -0.3 is 19.6 Å². The molecule has 1 saturated heterocycles. The molecule has 0 aromatic carbocycles. The molecule has 8 nitrogen and oxygen atoms in total. The van der Waals surface area contributed by atoms with E-state index < -0.39 is 0 Å². The molecule has 0 bridgehead atoms. The molecule has 0 saturated carbocycles. The Bertz CT molecular complexity index is 691. The highest BCUT2D eigenvalue weighted by molar-refractivity contribution is 5.80. The number of aryl methyl sites for hydroxylation is 1. The number of carbonyl (C=O) groups is 2. The van der Waals surface area contributed by atoms with E-state index in [1.54, 1.807) is 0 Å². The fourth-order valence-electron chi connectivity index (χ4n) is 3.93. The Labute approximate surface area is 180 Å². The second-order valence-electron chi connectivity index (χ2n) is 9.83. The van der Waals surface area contributed by atoms with Crippen molar-refractivity contribution in [2.45, 2.75) is 65.7 Å². The van der Waals surface area contributed by atoms with Gasteiger partial charge in [-0.25, -0.2) is 0 Å². The molecule has 1 fully saturated rings. The van der Waals surface area contributed by atoms with Crippen LogP contribution in [0, 0.1) is 11.3 Å². The third-order valence-electron chi connectivity index (χ3n) is 5.49. The molecule has 0 unspecified atom stereocenters. The molecule has 2 rings (SSSR count). The summed E-state index contributed by atoms with van der Waals surface area (Å²) in [6, 6.07) is 0. The Kier molecular flexibility index (Phi) is 8.82. The van der Waals surface area contributed by atoms with Gasteiger partial charge in [0.05, 0.1) is 0 Å². The average Bonchev–Trinajstić information content (AvgIpc) is 3.14. The normalized spacial score (nSPS) is 15.8. The maximum absolute atomic E-state index is 12.5. The molecule has 30 heavy (non-hydrogen) atoms. The Morgan fingerprint density at radius 2 is 1.93 bits per heavy atom. The van der Waals surface area contributed by atoms with Gasteiger partial charge in [0.15, 0.2) is 5.82 Å². The number of amides is 2. The van der Waals surface area contributed by atoms with Crippen molar-refractivity contribution in [2.24, 2.45) is 11.3 Å². The Hall–Kier alpha value is -1.96. The van der Waals surface area contributed by atoms with Crippen LogP contribution < -0.4 is 5.32 Å². The van der Waals surface area contributed by atoms with Crippen LogP contribution in [0.1, 0.15) is 71.0 Å². The van der Waals surface area contributed by atoms with Crippen molar-refractivity contribution >= 4 is 11.8 Å². The van der Waals surface area contributed by atoms with Crippen LogP contribution in [0.25, 0.3) is 0 Å². The van der Waals surface area contributed by atoms with E-state index in [-0.39, 0.29) is 29.1 Å². The molecular weight excluding hydrogens is 382 g/mol. The van der Waals surface area contributed by atoms with Gasteiger partial charge in [-0.1, -0.05) is 32.9 Å². The summed E-state index contributed by atoms with van der Waals surface area (Å²) < 4.78 is 5.23. The summed E-state index contributed by atoms with van der Waals surface area (Å²) in [5.74, 6) is 1.80. The highest BCUT2D eigenvalue weighted by Gasteiger charge is 2.28. The minimum atomic E-state index is -0.00273. The van der Waals surface area contributed by atoms with Gasteiger partial charge in [-0.15, -0.1) is 0 Å². The third kappa shape index (κ3) is 7.70. The first-order valence-corrected chi connectivity index (χ1v) is 11.1. The molecule has 1 aliphatic rings. The molecular formula is C22H39N5O3. The Morgan fingerprint density at radius 3 is 2.50 bits per heavy atom. The maximum atomic E-state index is 12.5. The molecule has 0 aliphatic carbocycles. The lowest BCUT2D eigenvalue weighted by Gasteiger charge is -2.33. The molecule has 1 aliphatic heterocycles. The van der Waals surface area contributed by atoms with E-state index in [1.165, 1.54) is 0 Å². The standard InChI is InChI=1S/C22H39N5O3/c1-16(2)20-24-18(30-25-20)8-7-9-19(28)27-12-10-17(11-13-27)21(29)23-14-22(3,4)15-26(5)6/h16-17H,7-15H2,1-6H3,(H,23,29). The lowest BCUT2D eigenvalue weighted by molar-refractivity contribution is -0.135. The SMILES string of the molecule is CC(C)c1noc(CCCC(=O)N2CCC(C(=O)NCC(C)(C)CN(C)C)CC2)n1. The quantitative estimate of drug-likeness (QED) is 0.624. The predicted octanol–water partition coefficient (Wildman–Crippen LogP) is 2.46. The average molecular weight is 422 g/mol. The summed E-state index contributed by atoms with van der Waals surface area (Å²) >= 11 is 0. The fraction of sp³-hybridized carbons (Fsp3) is 0.818. The second-order valence-corrected chi connectivity index (χ2v) is 9.83. The minimum Gasteiger partial charge on any atom is -0.355 e. The van der Waals surface area contributed by atoms with Crippen LogP contribution in [-0.4, -0.2) is 72.0 Å². The van der Waals surface area contributed by atoms with Crippen molar-refractivity contribution in [1.82, 2.24) is 25.3 Å². The number of hydrogen-bond donors (Lipinski definition) is 1. The van der Waals surface area contributed by atoms with Crippen molar-refractivity contribution in [3.63, 3.8) is 0 Å². The zero-order valence-corrected chi connectivity index (χ0v) is 19.5. The molecule has 0 radical (unpaired) electrons. The van der Waals surface area contributed by atoms with Gasteiger partial charge in [0, 0.05) is 50.9 Å².